The Labute approximate surface area is 100 Å². The smallest absolute Gasteiger partial charge is 0.207 e. The van der Waals surface area contributed by atoms with Gasteiger partial charge in [-0.05, 0) is 35.7 Å². The third-order valence-electron chi connectivity index (χ3n) is 2.08. The van der Waals surface area contributed by atoms with Crippen LogP contribution in [0.5, 0.6) is 0 Å². The van der Waals surface area contributed by atoms with Gasteiger partial charge in [-0.3, -0.25) is 0 Å². The van der Waals surface area contributed by atoms with Crippen LogP contribution in [-0.2, 0) is 6.18 Å². The molecule has 0 heterocycles. The predicted molar refractivity (Wildman–Crippen MR) is 59.1 cm³/mol. The molecule has 96 valence electrons. The van der Waals surface area contributed by atoms with Gasteiger partial charge in [0, 0.05) is 11.5 Å². The minimum atomic E-state index is -4.53. The molecule has 0 bridgehead atoms. The Morgan fingerprint density at radius 1 is 1.33 bits per heavy atom. The van der Waals surface area contributed by atoms with Gasteiger partial charge >= 0.3 is 6.18 Å². The predicted octanol–water partition coefficient (Wildman–Crippen LogP) is 4.56. The summed E-state index contributed by atoms with van der Waals surface area (Å²) in [6.07, 6.45) is -1.67. The van der Waals surface area contributed by atoms with Crippen LogP contribution in [0.4, 0.5) is 17.6 Å². The molecule has 0 unspecified atom stereocenters. The van der Waals surface area contributed by atoms with Crippen LogP contribution in [0.3, 0.4) is 0 Å². The highest BCUT2D eigenvalue weighted by Gasteiger charge is 2.32. The maximum absolute atomic E-state index is 12.9. The summed E-state index contributed by atoms with van der Waals surface area (Å²) in [5.41, 5.74) is 6.86. The SMILES string of the molecule is [N-]=[N+]=NCCC=Cc1cc(F)ccc1C(F)(F)F. The van der Waals surface area contributed by atoms with Gasteiger partial charge in [0.1, 0.15) is 5.82 Å². The largest absolute Gasteiger partial charge is 0.416 e. The highest BCUT2D eigenvalue weighted by molar-refractivity contribution is 5.54. The quantitative estimate of drug-likeness (QED) is 0.250. The molecule has 0 radical (unpaired) electrons. The van der Waals surface area contributed by atoms with Gasteiger partial charge < -0.3 is 0 Å². The number of hydrogen-bond acceptors (Lipinski definition) is 1. The van der Waals surface area contributed by atoms with Crippen LogP contribution in [0.25, 0.3) is 16.5 Å². The van der Waals surface area contributed by atoms with E-state index in [-0.39, 0.29) is 18.5 Å². The lowest BCUT2D eigenvalue weighted by molar-refractivity contribution is -0.137. The summed E-state index contributed by atoms with van der Waals surface area (Å²) in [5, 5.41) is 3.22. The number of hydrogen-bond donors (Lipinski definition) is 0. The lowest BCUT2D eigenvalue weighted by Crippen LogP contribution is -2.07. The molecule has 1 rings (SSSR count). The van der Waals surface area contributed by atoms with E-state index in [2.05, 4.69) is 10.0 Å². The molecule has 1 aromatic carbocycles. The highest BCUT2D eigenvalue weighted by Crippen LogP contribution is 2.32. The number of halogens is 4. The average Bonchev–Trinajstić information content (AvgIpc) is 2.27. The fourth-order valence-corrected chi connectivity index (χ4v) is 1.32. The van der Waals surface area contributed by atoms with Crippen LogP contribution in [0, 0.1) is 5.82 Å². The first kappa shape index (κ1) is 14.1. The Morgan fingerprint density at radius 3 is 2.67 bits per heavy atom. The third-order valence-corrected chi connectivity index (χ3v) is 2.08. The molecule has 0 spiro atoms. The number of rotatable bonds is 4. The first-order valence-electron chi connectivity index (χ1n) is 4.99. The maximum Gasteiger partial charge on any atom is 0.416 e. The monoisotopic (exact) mass is 259 g/mol. The third kappa shape index (κ3) is 4.10. The lowest BCUT2D eigenvalue weighted by atomic mass is 10.1. The van der Waals surface area contributed by atoms with E-state index in [4.69, 9.17) is 5.53 Å². The zero-order valence-electron chi connectivity index (χ0n) is 9.15. The van der Waals surface area contributed by atoms with Crippen molar-refractivity contribution in [3.8, 4) is 0 Å². The van der Waals surface area contributed by atoms with E-state index in [9.17, 15) is 17.6 Å². The Kier molecular flexibility index (Phi) is 4.74. The Balaban J connectivity index is 2.92. The van der Waals surface area contributed by atoms with Gasteiger partial charge in [-0.1, -0.05) is 17.3 Å². The summed E-state index contributed by atoms with van der Waals surface area (Å²) in [4.78, 5) is 2.50. The summed E-state index contributed by atoms with van der Waals surface area (Å²) < 4.78 is 50.7. The molecule has 0 aliphatic rings. The minimum Gasteiger partial charge on any atom is -0.207 e. The number of azide groups is 1. The lowest BCUT2D eigenvalue weighted by Gasteiger charge is -2.10. The van der Waals surface area contributed by atoms with Crippen molar-refractivity contribution < 1.29 is 17.6 Å². The Hall–Kier alpha value is -2.01. The van der Waals surface area contributed by atoms with Gasteiger partial charge in [0.25, 0.3) is 0 Å². The first-order chi connectivity index (χ1) is 8.45. The summed E-state index contributed by atoms with van der Waals surface area (Å²) in [6.45, 7) is 0.143. The van der Waals surface area contributed by atoms with Crippen LogP contribution in [0.2, 0.25) is 0 Å². The molecule has 18 heavy (non-hydrogen) atoms. The Bertz CT molecular complexity index is 488. The van der Waals surface area contributed by atoms with Crippen molar-refractivity contribution in [3.63, 3.8) is 0 Å². The van der Waals surface area contributed by atoms with Gasteiger partial charge in [0.05, 0.1) is 5.56 Å². The van der Waals surface area contributed by atoms with Crippen molar-refractivity contribution in [1.82, 2.24) is 0 Å². The summed E-state index contributed by atoms with van der Waals surface area (Å²) in [5.74, 6) is -0.738. The first-order valence-corrected chi connectivity index (χ1v) is 4.99. The summed E-state index contributed by atoms with van der Waals surface area (Å²) >= 11 is 0. The van der Waals surface area contributed by atoms with E-state index in [0.717, 1.165) is 12.1 Å². The second-order valence-corrected chi connectivity index (χ2v) is 3.37. The molecular weight excluding hydrogens is 250 g/mol. The zero-order valence-corrected chi connectivity index (χ0v) is 9.15. The number of benzene rings is 1. The zero-order chi connectivity index (χ0) is 13.6. The number of nitrogens with zero attached hydrogens (tertiary/aromatic N) is 3. The van der Waals surface area contributed by atoms with Crippen LogP contribution in [-0.4, -0.2) is 6.54 Å². The molecular formula is C11H9F4N3. The topological polar surface area (TPSA) is 48.8 Å². The van der Waals surface area contributed by atoms with Crippen molar-refractivity contribution >= 4 is 6.08 Å². The van der Waals surface area contributed by atoms with Gasteiger partial charge in [-0.15, -0.1) is 0 Å². The van der Waals surface area contributed by atoms with Gasteiger partial charge in [-0.2, -0.15) is 13.2 Å². The molecule has 0 aliphatic heterocycles. The molecule has 0 amide bonds. The van der Waals surface area contributed by atoms with Crippen molar-refractivity contribution in [2.45, 2.75) is 12.6 Å². The molecule has 0 aliphatic carbocycles. The molecule has 3 nitrogen and oxygen atoms in total. The average molecular weight is 259 g/mol. The molecule has 0 aromatic heterocycles. The van der Waals surface area contributed by atoms with Gasteiger partial charge in [0.2, 0.25) is 0 Å². The van der Waals surface area contributed by atoms with E-state index in [1.54, 1.807) is 0 Å². The molecule has 0 fully saturated rings. The second-order valence-electron chi connectivity index (χ2n) is 3.37. The van der Waals surface area contributed by atoms with Gasteiger partial charge in [0.15, 0.2) is 0 Å². The Morgan fingerprint density at radius 2 is 2.06 bits per heavy atom. The van der Waals surface area contributed by atoms with Crippen molar-refractivity contribution in [2.75, 3.05) is 6.54 Å². The summed E-state index contributed by atoms with van der Waals surface area (Å²) in [6, 6.07) is 2.27. The van der Waals surface area contributed by atoms with E-state index in [0.29, 0.717) is 6.07 Å². The van der Waals surface area contributed by atoms with E-state index in [1.807, 2.05) is 0 Å². The normalized spacial score (nSPS) is 11.6. The van der Waals surface area contributed by atoms with Crippen LogP contribution in [0.15, 0.2) is 29.4 Å². The van der Waals surface area contributed by atoms with Crippen molar-refractivity contribution in [1.29, 1.82) is 0 Å². The van der Waals surface area contributed by atoms with Crippen LogP contribution in [0.1, 0.15) is 17.5 Å². The fourth-order valence-electron chi connectivity index (χ4n) is 1.32. The second kappa shape index (κ2) is 6.07. The standard InChI is InChI=1S/C11H9F4N3/c12-9-4-5-10(11(13,14)15)8(7-9)3-1-2-6-17-18-16/h1,3-5,7H,2,6H2. The van der Waals surface area contributed by atoms with Crippen molar-refractivity contribution in [3.05, 3.63) is 51.7 Å². The van der Waals surface area contributed by atoms with E-state index < -0.39 is 17.6 Å². The molecule has 0 saturated heterocycles. The van der Waals surface area contributed by atoms with Crippen LogP contribution < -0.4 is 0 Å². The fraction of sp³-hybridized carbons (Fsp3) is 0.273. The van der Waals surface area contributed by atoms with Gasteiger partial charge in [-0.25, -0.2) is 4.39 Å². The molecule has 1 aromatic rings. The minimum absolute atomic E-state index is 0.143. The number of alkyl halides is 3. The maximum atomic E-state index is 12.9. The van der Waals surface area contributed by atoms with E-state index in [1.165, 1.54) is 12.2 Å². The van der Waals surface area contributed by atoms with Crippen LogP contribution >= 0.6 is 0 Å². The van der Waals surface area contributed by atoms with E-state index >= 15 is 0 Å². The van der Waals surface area contributed by atoms with Crippen molar-refractivity contribution in [2.24, 2.45) is 5.11 Å². The summed E-state index contributed by atoms with van der Waals surface area (Å²) in [7, 11) is 0. The molecule has 0 N–H and O–H groups in total. The molecule has 0 saturated carbocycles. The molecule has 0 atom stereocenters. The highest BCUT2D eigenvalue weighted by atomic mass is 19.4. The molecule has 7 heteroatoms.